The second kappa shape index (κ2) is 6.17. The minimum atomic E-state index is -0.321. The molecule has 19 heavy (non-hydrogen) atoms. The highest BCUT2D eigenvalue weighted by Crippen LogP contribution is 2.25. The molecule has 0 spiro atoms. The first-order valence-electron chi connectivity index (χ1n) is 6.82. The number of carbonyl (C=O) groups is 1. The molecule has 1 fully saturated rings. The number of ether oxygens (including phenoxy) is 1. The van der Waals surface area contributed by atoms with Gasteiger partial charge < -0.3 is 15.4 Å². The molecule has 0 aliphatic carbocycles. The lowest BCUT2D eigenvalue weighted by Crippen LogP contribution is -2.32. The molecular formula is C15H22N2O2. The average molecular weight is 262 g/mol. The molecule has 104 valence electrons. The van der Waals surface area contributed by atoms with E-state index in [-0.39, 0.29) is 24.0 Å². The van der Waals surface area contributed by atoms with Gasteiger partial charge in [-0.05, 0) is 37.9 Å². The summed E-state index contributed by atoms with van der Waals surface area (Å²) < 4.78 is 5.50. The van der Waals surface area contributed by atoms with E-state index in [0.717, 1.165) is 17.7 Å². The molecule has 4 nitrogen and oxygen atoms in total. The second-order valence-electron chi connectivity index (χ2n) is 5.14. The number of hydrogen-bond acceptors (Lipinski definition) is 3. The summed E-state index contributed by atoms with van der Waals surface area (Å²) in [4.78, 5) is 12.2. The normalized spacial score (nSPS) is 24.2. The van der Waals surface area contributed by atoms with Gasteiger partial charge in [0.15, 0.2) is 0 Å². The van der Waals surface area contributed by atoms with E-state index < -0.39 is 0 Å². The largest absolute Gasteiger partial charge is 0.368 e. The Hall–Kier alpha value is -1.39. The molecule has 1 aliphatic heterocycles. The van der Waals surface area contributed by atoms with Crippen LogP contribution < -0.4 is 10.6 Å². The third-order valence-electron chi connectivity index (χ3n) is 3.76. The van der Waals surface area contributed by atoms with Crippen LogP contribution in [0.15, 0.2) is 24.3 Å². The van der Waals surface area contributed by atoms with Gasteiger partial charge in [0.1, 0.15) is 6.10 Å². The van der Waals surface area contributed by atoms with Crippen molar-refractivity contribution >= 4 is 11.6 Å². The summed E-state index contributed by atoms with van der Waals surface area (Å²) in [5.41, 5.74) is 1.95. The van der Waals surface area contributed by atoms with E-state index in [1.165, 1.54) is 0 Å². The van der Waals surface area contributed by atoms with Crippen LogP contribution in [0.5, 0.6) is 0 Å². The van der Waals surface area contributed by atoms with Gasteiger partial charge in [-0.15, -0.1) is 0 Å². The Morgan fingerprint density at radius 1 is 1.42 bits per heavy atom. The predicted octanol–water partition coefficient (Wildman–Crippen LogP) is 2.33. The maximum absolute atomic E-state index is 12.2. The van der Waals surface area contributed by atoms with Crippen LogP contribution >= 0.6 is 0 Å². The van der Waals surface area contributed by atoms with Gasteiger partial charge in [-0.3, -0.25) is 4.79 Å². The molecule has 2 rings (SSSR count). The minimum Gasteiger partial charge on any atom is -0.368 e. The summed E-state index contributed by atoms with van der Waals surface area (Å²) in [6.07, 6.45) is 0.630. The van der Waals surface area contributed by atoms with Crippen molar-refractivity contribution in [1.29, 1.82) is 0 Å². The van der Waals surface area contributed by atoms with Crippen molar-refractivity contribution in [3.63, 3.8) is 0 Å². The van der Waals surface area contributed by atoms with Crippen LogP contribution in [-0.2, 0) is 9.53 Å². The number of hydrogen-bond donors (Lipinski definition) is 2. The first-order valence-corrected chi connectivity index (χ1v) is 6.82. The number of carbonyl (C=O) groups excluding carboxylic acids is 1. The van der Waals surface area contributed by atoms with Crippen molar-refractivity contribution in [2.24, 2.45) is 5.92 Å². The van der Waals surface area contributed by atoms with Gasteiger partial charge in [0.2, 0.25) is 0 Å². The number of amides is 1. The molecule has 1 saturated heterocycles. The zero-order valence-corrected chi connectivity index (χ0v) is 11.8. The van der Waals surface area contributed by atoms with Crippen molar-refractivity contribution in [3.8, 4) is 0 Å². The Morgan fingerprint density at radius 3 is 2.79 bits per heavy atom. The van der Waals surface area contributed by atoms with Crippen molar-refractivity contribution in [1.82, 2.24) is 5.32 Å². The first kappa shape index (κ1) is 14.0. The van der Waals surface area contributed by atoms with Crippen LogP contribution in [0, 0.1) is 5.92 Å². The number of para-hydroxylation sites is 1. The fourth-order valence-electron chi connectivity index (χ4n) is 2.38. The zero-order valence-electron chi connectivity index (χ0n) is 11.8. The van der Waals surface area contributed by atoms with Crippen molar-refractivity contribution < 1.29 is 9.53 Å². The maximum atomic E-state index is 12.2. The number of rotatable bonds is 4. The molecule has 1 heterocycles. The highest BCUT2D eigenvalue weighted by molar-refractivity contribution is 5.95. The third kappa shape index (κ3) is 3.14. The highest BCUT2D eigenvalue weighted by Gasteiger charge is 2.31. The van der Waals surface area contributed by atoms with E-state index in [1.54, 1.807) is 0 Å². The van der Waals surface area contributed by atoms with Crippen LogP contribution in [0.1, 0.15) is 31.9 Å². The maximum Gasteiger partial charge on any atom is 0.253 e. The molecule has 0 saturated carbocycles. The Labute approximate surface area is 114 Å². The van der Waals surface area contributed by atoms with E-state index in [1.807, 2.05) is 31.3 Å². The fraction of sp³-hybridized carbons (Fsp3) is 0.533. The van der Waals surface area contributed by atoms with Crippen molar-refractivity contribution in [2.75, 3.05) is 19.0 Å². The smallest absolute Gasteiger partial charge is 0.253 e. The van der Waals surface area contributed by atoms with Gasteiger partial charge in [-0.25, -0.2) is 0 Å². The Bertz CT molecular complexity index is 448. The van der Waals surface area contributed by atoms with E-state index in [0.29, 0.717) is 6.61 Å². The molecule has 4 heteroatoms. The second-order valence-corrected chi connectivity index (χ2v) is 5.14. The molecule has 1 amide bonds. The number of nitrogens with one attached hydrogen (secondary N) is 2. The van der Waals surface area contributed by atoms with Crippen LogP contribution in [0.25, 0.3) is 0 Å². The van der Waals surface area contributed by atoms with Crippen LogP contribution in [0.4, 0.5) is 5.69 Å². The zero-order chi connectivity index (χ0) is 13.8. The van der Waals surface area contributed by atoms with E-state index in [4.69, 9.17) is 4.74 Å². The van der Waals surface area contributed by atoms with Gasteiger partial charge in [0.25, 0.3) is 5.91 Å². The molecule has 3 atom stereocenters. The Kier molecular flexibility index (Phi) is 4.56. The molecule has 1 aromatic carbocycles. The topological polar surface area (TPSA) is 50.4 Å². The Morgan fingerprint density at radius 2 is 2.16 bits per heavy atom. The van der Waals surface area contributed by atoms with E-state index in [9.17, 15) is 4.79 Å². The lowest BCUT2D eigenvalue weighted by atomic mass is 10.0. The summed E-state index contributed by atoms with van der Waals surface area (Å²) >= 11 is 0. The van der Waals surface area contributed by atoms with Crippen molar-refractivity contribution in [3.05, 3.63) is 29.8 Å². The lowest BCUT2D eigenvalue weighted by molar-refractivity contribution is -0.126. The third-order valence-corrected chi connectivity index (χ3v) is 3.76. The molecule has 0 bridgehead atoms. The summed E-state index contributed by atoms with van der Waals surface area (Å²) in [5.74, 6) is 0.245. The SMILES string of the molecule is CNC(C)c1ccccc1NC(=O)C1OCCC1C. The summed E-state index contributed by atoms with van der Waals surface area (Å²) in [7, 11) is 1.91. The standard InChI is InChI=1S/C15H22N2O2/c1-10-8-9-19-14(10)15(18)17-13-7-5-4-6-12(13)11(2)16-3/h4-7,10-11,14,16H,8-9H2,1-3H3,(H,17,18). The fourth-order valence-corrected chi connectivity index (χ4v) is 2.38. The number of benzene rings is 1. The van der Waals surface area contributed by atoms with Crippen molar-refractivity contribution in [2.45, 2.75) is 32.4 Å². The Balaban J connectivity index is 2.12. The summed E-state index contributed by atoms with van der Waals surface area (Å²) in [6.45, 7) is 4.80. The van der Waals surface area contributed by atoms with Gasteiger partial charge >= 0.3 is 0 Å². The molecule has 0 aromatic heterocycles. The van der Waals surface area contributed by atoms with E-state index >= 15 is 0 Å². The molecule has 3 unspecified atom stereocenters. The van der Waals surface area contributed by atoms with Crippen LogP contribution in [0.2, 0.25) is 0 Å². The lowest BCUT2D eigenvalue weighted by Gasteiger charge is -2.19. The highest BCUT2D eigenvalue weighted by atomic mass is 16.5. The number of anilines is 1. The summed E-state index contributed by atoms with van der Waals surface area (Å²) in [6, 6.07) is 8.06. The van der Waals surface area contributed by atoms with Gasteiger partial charge in [-0.2, -0.15) is 0 Å². The van der Waals surface area contributed by atoms with Gasteiger partial charge in [0.05, 0.1) is 0 Å². The monoisotopic (exact) mass is 262 g/mol. The average Bonchev–Trinajstić information content (AvgIpc) is 2.85. The summed E-state index contributed by atoms with van der Waals surface area (Å²) in [5, 5.41) is 6.18. The van der Waals surface area contributed by atoms with Crippen LogP contribution in [-0.4, -0.2) is 25.7 Å². The molecule has 1 aliphatic rings. The molecular weight excluding hydrogens is 240 g/mol. The predicted molar refractivity (Wildman–Crippen MR) is 76.1 cm³/mol. The minimum absolute atomic E-state index is 0.0410. The molecule has 2 N–H and O–H groups in total. The quantitative estimate of drug-likeness (QED) is 0.875. The molecule has 1 aromatic rings. The molecule has 0 radical (unpaired) electrons. The van der Waals surface area contributed by atoms with Gasteiger partial charge in [-0.1, -0.05) is 25.1 Å². The first-order chi connectivity index (χ1) is 9.13. The van der Waals surface area contributed by atoms with Gasteiger partial charge in [0, 0.05) is 18.3 Å². The van der Waals surface area contributed by atoms with E-state index in [2.05, 4.69) is 24.5 Å². The van der Waals surface area contributed by atoms with Crippen LogP contribution in [0.3, 0.4) is 0 Å².